The molecule has 0 aliphatic heterocycles. The van der Waals surface area contributed by atoms with E-state index in [0.717, 1.165) is 24.3 Å². The largest absolute Gasteiger partial charge is 0.198 e. The van der Waals surface area contributed by atoms with E-state index in [1.807, 2.05) is 12.1 Å². The lowest BCUT2D eigenvalue weighted by Gasteiger charge is -2.33. The van der Waals surface area contributed by atoms with E-state index in [9.17, 15) is 0 Å². The van der Waals surface area contributed by atoms with Crippen molar-refractivity contribution in [1.29, 1.82) is 5.26 Å². The molecule has 1 nitrogen and oxygen atoms in total. The Morgan fingerprint density at radius 2 is 2.00 bits per heavy atom. The van der Waals surface area contributed by atoms with Gasteiger partial charge < -0.3 is 0 Å². The fourth-order valence-electron chi connectivity index (χ4n) is 2.37. The summed E-state index contributed by atoms with van der Waals surface area (Å²) >= 11 is 5.89. The monoisotopic (exact) mass is 231 g/mol. The molecule has 0 aromatic heterocycles. The van der Waals surface area contributed by atoms with Crippen LogP contribution in [-0.2, 0) is 5.41 Å². The molecule has 0 spiro atoms. The second-order valence-corrected chi connectivity index (χ2v) is 4.77. The van der Waals surface area contributed by atoms with Crippen LogP contribution < -0.4 is 0 Å². The van der Waals surface area contributed by atoms with Gasteiger partial charge in [0.2, 0.25) is 0 Å². The van der Waals surface area contributed by atoms with Crippen molar-refractivity contribution in [3.05, 3.63) is 47.0 Å². The standard InChI is InChI=1S/C14H14ClN/c15-13-6-4-12(5-7-13)14(10-11-16)8-2-1-3-9-14/h1-2,4-7H,3,8-10H2. The highest BCUT2D eigenvalue weighted by Gasteiger charge is 2.31. The Morgan fingerprint density at radius 1 is 1.25 bits per heavy atom. The molecule has 0 saturated carbocycles. The number of allylic oxidation sites excluding steroid dienone is 2. The van der Waals surface area contributed by atoms with Crippen molar-refractivity contribution in [2.45, 2.75) is 31.1 Å². The normalized spacial score (nSPS) is 24.0. The molecular formula is C14H14ClN. The van der Waals surface area contributed by atoms with Gasteiger partial charge in [0.05, 0.1) is 6.07 Å². The van der Waals surface area contributed by atoms with E-state index in [2.05, 4.69) is 30.4 Å². The molecule has 16 heavy (non-hydrogen) atoms. The molecule has 0 fully saturated rings. The van der Waals surface area contributed by atoms with Gasteiger partial charge in [0.25, 0.3) is 0 Å². The van der Waals surface area contributed by atoms with Crippen LogP contribution in [0.25, 0.3) is 0 Å². The molecule has 0 radical (unpaired) electrons. The van der Waals surface area contributed by atoms with Gasteiger partial charge in [-0.05, 0) is 37.0 Å². The minimum absolute atomic E-state index is 0.00802. The second kappa shape index (κ2) is 4.72. The first-order chi connectivity index (χ1) is 7.77. The summed E-state index contributed by atoms with van der Waals surface area (Å²) in [4.78, 5) is 0. The Morgan fingerprint density at radius 3 is 2.56 bits per heavy atom. The smallest absolute Gasteiger partial charge is 0.0631 e. The van der Waals surface area contributed by atoms with E-state index in [1.54, 1.807) is 0 Å². The van der Waals surface area contributed by atoms with Crippen molar-refractivity contribution < 1.29 is 0 Å². The maximum absolute atomic E-state index is 9.00. The molecule has 1 aromatic rings. The Hall–Kier alpha value is -1.26. The van der Waals surface area contributed by atoms with E-state index in [0.29, 0.717) is 6.42 Å². The second-order valence-electron chi connectivity index (χ2n) is 4.34. The molecule has 2 heteroatoms. The average molecular weight is 232 g/mol. The first kappa shape index (κ1) is 11.2. The van der Waals surface area contributed by atoms with Gasteiger partial charge in [0.1, 0.15) is 0 Å². The summed E-state index contributed by atoms with van der Waals surface area (Å²) in [6.07, 6.45) is 8.05. The number of hydrogen-bond acceptors (Lipinski definition) is 1. The van der Waals surface area contributed by atoms with Gasteiger partial charge in [0.15, 0.2) is 0 Å². The van der Waals surface area contributed by atoms with Gasteiger partial charge in [-0.3, -0.25) is 0 Å². The van der Waals surface area contributed by atoms with Crippen LogP contribution >= 0.6 is 11.6 Å². The number of rotatable bonds is 2. The van der Waals surface area contributed by atoms with Crippen LogP contribution in [0.3, 0.4) is 0 Å². The minimum atomic E-state index is 0.00802. The molecule has 0 N–H and O–H groups in total. The summed E-state index contributed by atoms with van der Waals surface area (Å²) in [7, 11) is 0. The lowest BCUT2D eigenvalue weighted by molar-refractivity contribution is 0.395. The van der Waals surface area contributed by atoms with Gasteiger partial charge >= 0.3 is 0 Å². The zero-order valence-electron chi connectivity index (χ0n) is 9.12. The molecule has 1 aromatic carbocycles. The fourth-order valence-corrected chi connectivity index (χ4v) is 2.49. The number of benzene rings is 1. The maximum Gasteiger partial charge on any atom is 0.0631 e. The molecule has 1 unspecified atom stereocenters. The molecule has 0 heterocycles. The van der Waals surface area contributed by atoms with Crippen LogP contribution in [0.5, 0.6) is 0 Å². The van der Waals surface area contributed by atoms with Crippen LogP contribution in [0.2, 0.25) is 5.02 Å². The number of nitrogens with zero attached hydrogens (tertiary/aromatic N) is 1. The lowest BCUT2D eigenvalue weighted by atomic mass is 9.70. The predicted octanol–water partition coefficient (Wildman–Crippen LogP) is 4.23. The maximum atomic E-state index is 9.00. The number of halogens is 1. The highest BCUT2D eigenvalue weighted by molar-refractivity contribution is 6.30. The van der Waals surface area contributed by atoms with E-state index >= 15 is 0 Å². The Labute approximate surface area is 101 Å². The molecular weight excluding hydrogens is 218 g/mol. The summed E-state index contributed by atoms with van der Waals surface area (Å²) in [5.41, 5.74) is 1.25. The molecule has 82 valence electrons. The quantitative estimate of drug-likeness (QED) is 0.699. The van der Waals surface area contributed by atoms with Crippen molar-refractivity contribution in [2.75, 3.05) is 0 Å². The van der Waals surface area contributed by atoms with E-state index in [-0.39, 0.29) is 5.41 Å². The summed E-state index contributed by atoms with van der Waals surface area (Å²) in [6.45, 7) is 0. The van der Waals surface area contributed by atoms with Gasteiger partial charge in [0, 0.05) is 16.9 Å². The van der Waals surface area contributed by atoms with Gasteiger partial charge in [-0.2, -0.15) is 5.26 Å². The van der Waals surface area contributed by atoms with Crippen molar-refractivity contribution in [3.8, 4) is 6.07 Å². The summed E-state index contributed by atoms with van der Waals surface area (Å²) in [5, 5.41) is 9.75. The number of nitriles is 1. The van der Waals surface area contributed by atoms with Gasteiger partial charge in [-0.1, -0.05) is 35.9 Å². The average Bonchev–Trinajstić information content (AvgIpc) is 2.31. The van der Waals surface area contributed by atoms with Crippen LogP contribution in [0.15, 0.2) is 36.4 Å². The van der Waals surface area contributed by atoms with Crippen molar-refractivity contribution in [1.82, 2.24) is 0 Å². The third-order valence-corrected chi connectivity index (χ3v) is 3.59. The zero-order chi connectivity index (χ0) is 11.4. The Kier molecular flexibility index (Phi) is 3.31. The van der Waals surface area contributed by atoms with Crippen LogP contribution in [-0.4, -0.2) is 0 Å². The third-order valence-electron chi connectivity index (χ3n) is 3.34. The Balaban J connectivity index is 2.36. The fraction of sp³-hybridized carbons (Fsp3) is 0.357. The summed E-state index contributed by atoms with van der Waals surface area (Å²) in [5.74, 6) is 0. The van der Waals surface area contributed by atoms with Crippen LogP contribution in [0, 0.1) is 11.3 Å². The van der Waals surface area contributed by atoms with Crippen LogP contribution in [0.4, 0.5) is 0 Å². The predicted molar refractivity (Wildman–Crippen MR) is 66.4 cm³/mol. The molecule has 2 rings (SSSR count). The molecule has 1 atom stereocenters. The van der Waals surface area contributed by atoms with Gasteiger partial charge in [-0.25, -0.2) is 0 Å². The minimum Gasteiger partial charge on any atom is -0.198 e. The molecule has 0 bridgehead atoms. The summed E-state index contributed by atoms with van der Waals surface area (Å²) < 4.78 is 0. The van der Waals surface area contributed by atoms with E-state index in [1.165, 1.54) is 5.56 Å². The molecule has 0 amide bonds. The first-order valence-electron chi connectivity index (χ1n) is 5.55. The molecule has 1 aliphatic rings. The third kappa shape index (κ3) is 2.13. The van der Waals surface area contributed by atoms with Crippen molar-refractivity contribution in [2.24, 2.45) is 0 Å². The van der Waals surface area contributed by atoms with Crippen molar-refractivity contribution >= 4 is 11.6 Å². The van der Waals surface area contributed by atoms with Crippen LogP contribution in [0.1, 0.15) is 31.2 Å². The zero-order valence-corrected chi connectivity index (χ0v) is 9.87. The highest BCUT2D eigenvalue weighted by Crippen LogP contribution is 2.39. The highest BCUT2D eigenvalue weighted by atomic mass is 35.5. The molecule has 1 aliphatic carbocycles. The van der Waals surface area contributed by atoms with E-state index in [4.69, 9.17) is 16.9 Å². The number of hydrogen-bond donors (Lipinski definition) is 0. The van der Waals surface area contributed by atoms with Gasteiger partial charge in [-0.15, -0.1) is 0 Å². The SMILES string of the molecule is N#CCC1(c2ccc(Cl)cc2)CC=CCC1. The Bertz CT molecular complexity index is 427. The lowest BCUT2D eigenvalue weighted by Crippen LogP contribution is -2.26. The van der Waals surface area contributed by atoms with Crippen molar-refractivity contribution in [3.63, 3.8) is 0 Å². The summed E-state index contributed by atoms with van der Waals surface area (Å²) in [6, 6.07) is 10.3. The topological polar surface area (TPSA) is 23.8 Å². The van der Waals surface area contributed by atoms with E-state index < -0.39 is 0 Å². The first-order valence-corrected chi connectivity index (χ1v) is 5.93. The molecule has 0 saturated heterocycles.